The molecule has 2 rings (SSSR count). The molecule has 1 aromatic carbocycles. The zero-order chi connectivity index (χ0) is 13.4. The third-order valence-corrected chi connectivity index (χ3v) is 3.52. The Morgan fingerprint density at radius 2 is 1.22 bits per heavy atom. The lowest BCUT2D eigenvalue weighted by molar-refractivity contribution is 0.727. The summed E-state index contributed by atoms with van der Waals surface area (Å²) in [5.41, 5.74) is -1.37. The molecule has 4 nitrogen and oxygen atoms in total. The molecule has 0 aromatic heterocycles. The van der Waals surface area contributed by atoms with Crippen LogP contribution in [-0.2, 0) is 0 Å². The van der Waals surface area contributed by atoms with E-state index in [4.69, 9.17) is 21.0 Å². The molecular weight excluding hydrogens is 224 g/mol. The van der Waals surface area contributed by atoms with Crippen molar-refractivity contribution >= 4 is 0 Å². The molecule has 84 valence electrons. The lowest BCUT2D eigenvalue weighted by Crippen LogP contribution is -2.05. The first-order chi connectivity index (χ1) is 8.61. The maximum atomic E-state index is 9.17. The van der Waals surface area contributed by atoms with E-state index in [9.17, 15) is 0 Å². The Morgan fingerprint density at radius 3 is 1.56 bits per heavy atom. The molecule has 0 amide bonds. The highest BCUT2D eigenvalue weighted by molar-refractivity contribution is 5.58. The van der Waals surface area contributed by atoms with E-state index in [0.717, 1.165) is 5.56 Å². The minimum Gasteiger partial charge on any atom is -0.196 e. The van der Waals surface area contributed by atoms with E-state index in [1.54, 1.807) is 12.1 Å². The Labute approximate surface area is 105 Å². The standard InChI is InChI=1S/C14H8N4/c1-10-2-4-11(5-3-10)12-13(6-15,7-16)14(12,8-17)9-18/h2-5,12H,1H3. The van der Waals surface area contributed by atoms with Crippen molar-refractivity contribution in [3.63, 3.8) is 0 Å². The van der Waals surface area contributed by atoms with Crippen LogP contribution in [0.2, 0.25) is 0 Å². The van der Waals surface area contributed by atoms with Crippen LogP contribution in [-0.4, -0.2) is 0 Å². The molecule has 1 fully saturated rings. The highest BCUT2D eigenvalue weighted by atomic mass is 14.8. The number of benzene rings is 1. The summed E-state index contributed by atoms with van der Waals surface area (Å²) < 4.78 is 0. The van der Waals surface area contributed by atoms with E-state index in [0.29, 0.717) is 5.56 Å². The Bertz CT molecular complexity index is 592. The summed E-state index contributed by atoms with van der Waals surface area (Å²) in [7, 11) is 0. The monoisotopic (exact) mass is 232 g/mol. The maximum Gasteiger partial charge on any atom is 0.185 e. The molecule has 0 spiro atoms. The van der Waals surface area contributed by atoms with Crippen LogP contribution in [0.5, 0.6) is 0 Å². The van der Waals surface area contributed by atoms with Gasteiger partial charge in [-0.05, 0) is 12.5 Å². The number of nitriles is 4. The molecule has 0 saturated heterocycles. The van der Waals surface area contributed by atoms with E-state index < -0.39 is 16.7 Å². The first-order valence-corrected chi connectivity index (χ1v) is 5.33. The van der Waals surface area contributed by atoms with Gasteiger partial charge in [-0.3, -0.25) is 0 Å². The molecule has 0 bridgehead atoms. The lowest BCUT2D eigenvalue weighted by atomic mass is 9.98. The van der Waals surface area contributed by atoms with Crippen molar-refractivity contribution in [1.29, 1.82) is 21.0 Å². The summed E-state index contributed by atoms with van der Waals surface area (Å²) in [6.45, 7) is 1.92. The van der Waals surface area contributed by atoms with Crippen molar-refractivity contribution < 1.29 is 0 Å². The van der Waals surface area contributed by atoms with Gasteiger partial charge in [0.25, 0.3) is 0 Å². The van der Waals surface area contributed by atoms with Crippen LogP contribution in [0.1, 0.15) is 17.0 Å². The van der Waals surface area contributed by atoms with Gasteiger partial charge in [-0.25, -0.2) is 0 Å². The summed E-state index contributed by atoms with van der Waals surface area (Å²) in [6, 6.07) is 14.6. The van der Waals surface area contributed by atoms with Gasteiger partial charge in [0.2, 0.25) is 0 Å². The second kappa shape index (κ2) is 3.59. The largest absolute Gasteiger partial charge is 0.196 e. The maximum absolute atomic E-state index is 9.17. The topological polar surface area (TPSA) is 95.2 Å². The Kier molecular flexibility index (Phi) is 2.33. The number of hydrogen-bond acceptors (Lipinski definition) is 4. The minimum atomic E-state index is -1.55. The fourth-order valence-corrected chi connectivity index (χ4v) is 2.39. The number of aryl methyl sites for hydroxylation is 1. The summed E-state index contributed by atoms with van der Waals surface area (Å²) in [6.07, 6.45) is 0. The average molecular weight is 232 g/mol. The van der Waals surface area contributed by atoms with Gasteiger partial charge in [0.1, 0.15) is 0 Å². The van der Waals surface area contributed by atoms with Crippen LogP contribution >= 0.6 is 0 Å². The number of nitrogens with zero attached hydrogens (tertiary/aromatic N) is 4. The predicted molar refractivity (Wildman–Crippen MR) is 61.2 cm³/mol. The molecule has 1 saturated carbocycles. The smallest absolute Gasteiger partial charge is 0.185 e. The van der Waals surface area contributed by atoms with Crippen molar-refractivity contribution in [2.45, 2.75) is 12.8 Å². The van der Waals surface area contributed by atoms with Gasteiger partial charge in [0.15, 0.2) is 10.8 Å². The van der Waals surface area contributed by atoms with Crippen LogP contribution in [0.25, 0.3) is 0 Å². The summed E-state index contributed by atoms with van der Waals surface area (Å²) in [4.78, 5) is 0. The highest BCUT2D eigenvalue weighted by Crippen LogP contribution is 2.73. The van der Waals surface area contributed by atoms with Crippen molar-refractivity contribution in [2.75, 3.05) is 0 Å². The van der Waals surface area contributed by atoms with E-state index in [2.05, 4.69) is 0 Å². The first-order valence-electron chi connectivity index (χ1n) is 5.33. The molecule has 0 heterocycles. The summed E-state index contributed by atoms with van der Waals surface area (Å²) in [5, 5.41) is 36.7. The zero-order valence-corrected chi connectivity index (χ0v) is 9.68. The van der Waals surface area contributed by atoms with Crippen molar-refractivity contribution in [1.82, 2.24) is 0 Å². The Hall–Kier alpha value is -2.82. The van der Waals surface area contributed by atoms with Gasteiger partial charge >= 0.3 is 0 Å². The molecule has 0 radical (unpaired) electrons. The normalized spacial score (nSPS) is 18.7. The lowest BCUT2D eigenvalue weighted by Gasteiger charge is -1.99. The van der Waals surface area contributed by atoms with E-state index in [-0.39, 0.29) is 0 Å². The molecule has 1 aromatic rings. The first kappa shape index (κ1) is 11.7. The molecule has 0 aliphatic heterocycles. The van der Waals surface area contributed by atoms with Crippen LogP contribution < -0.4 is 0 Å². The number of hydrogen-bond donors (Lipinski definition) is 0. The molecule has 0 atom stereocenters. The fraction of sp³-hybridized carbons (Fsp3) is 0.286. The highest BCUT2D eigenvalue weighted by Gasteiger charge is 2.81. The molecule has 0 unspecified atom stereocenters. The second-order valence-corrected chi connectivity index (χ2v) is 4.41. The summed E-state index contributed by atoms with van der Waals surface area (Å²) >= 11 is 0. The van der Waals surface area contributed by atoms with Gasteiger partial charge in [0, 0.05) is 0 Å². The quantitative estimate of drug-likeness (QED) is 0.741. The molecule has 0 N–H and O–H groups in total. The fourth-order valence-electron chi connectivity index (χ4n) is 2.39. The van der Waals surface area contributed by atoms with Gasteiger partial charge in [-0.1, -0.05) is 29.8 Å². The minimum absolute atomic E-state index is 0.657. The Balaban J connectivity index is 2.58. The van der Waals surface area contributed by atoms with Gasteiger partial charge < -0.3 is 0 Å². The Morgan fingerprint density at radius 1 is 0.833 bits per heavy atom. The SMILES string of the molecule is Cc1ccc(C2C(C#N)(C#N)C2(C#N)C#N)cc1. The number of rotatable bonds is 1. The molecule has 1 aliphatic rings. The van der Waals surface area contributed by atoms with E-state index >= 15 is 0 Å². The van der Waals surface area contributed by atoms with Crippen LogP contribution in [0.4, 0.5) is 0 Å². The van der Waals surface area contributed by atoms with Crippen LogP contribution in [0.15, 0.2) is 24.3 Å². The summed E-state index contributed by atoms with van der Waals surface area (Å²) in [5.74, 6) is -0.657. The second-order valence-electron chi connectivity index (χ2n) is 4.41. The molecule has 18 heavy (non-hydrogen) atoms. The average Bonchev–Trinajstić information content (AvgIpc) is 3.02. The van der Waals surface area contributed by atoms with Crippen molar-refractivity contribution in [3.05, 3.63) is 35.4 Å². The van der Waals surface area contributed by atoms with E-state index in [1.807, 2.05) is 43.3 Å². The van der Waals surface area contributed by atoms with Crippen LogP contribution in [0.3, 0.4) is 0 Å². The third-order valence-electron chi connectivity index (χ3n) is 3.52. The van der Waals surface area contributed by atoms with E-state index in [1.165, 1.54) is 0 Å². The third kappa shape index (κ3) is 1.10. The molecule has 1 aliphatic carbocycles. The van der Waals surface area contributed by atoms with Crippen molar-refractivity contribution in [2.24, 2.45) is 10.8 Å². The predicted octanol–water partition coefficient (Wildman–Crippen LogP) is 2.16. The van der Waals surface area contributed by atoms with Crippen LogP contribution in [0, 0.1) is 63.1 Å². The van der Waals surface area contributed by atoms with Gasteiger partial charge in [-0.15, -0.1) is 0 Å². The van der Waals surface area contributed by atoms with Gasteiger partial charge in [0.05, 0.1) is 30.2 Å². The zero-order valence-electron chi connectivity index (χ0n) is 9.68. The molecule has 4 heteroatoms. The van der Waals surface area contributed by atoms with Gasteiger partial charge in [-0.2, -0.15) is 21.0 Å². The molecular formula is C14H8N4. The van der Waals surface area contributed by atoms with Crippen molar-refractivity contribution in [3.8, 4) is 24.3 Å².